The third-order valence-corrected chi connectivity index (χ3v) is 7.29. The maximum atomic E-state index is 12.5. The lowest BCUT2D eigenvalue weighted by atomic mass is 9.93. The molecule has 4 rings (SSSR count). The van der Waals surface area contributed by atoms with Gasteiger partial charge < -0.3 is 10.4 Å². The van der Waals surface area contributed by atoms with Gasteiger partial charge in [-0.2, -0.15) is 0 Å². The Labute approximate surface area is 215 Å². The summed E-state index contributed by atoms with van der Waals surface area (Å²) >= 11 is 7.93. The van der Waals surface area contributed by atoms with E-state index in [1.165, 1.54) is 11.1 Å². The molecule has 35 heavy (non-hydrogen) atoms. The molecule has 0 fully saturated rings. The average molecular weight is 511 g/mol. The molecule has 1 amide bonds. The van der Waals surface area contributed by atoms with Gasteiger partial charge in [-0.15, -0.1) is 10.2 Å². The summed E-state index contributed by atoms with van der Waals surface area (Å²) in [5.41, 5.74) is 4.39. The van der Waals surface area contributed by atoms with Gasteiger partial charge in [0.05, 0.1) is 11.8 Å². The van der Waals surface area contributed by atoms with Crippen molar-refractivity contribution in [3.8, 4) is 5.69 Å². The smallest absolute Gasteiger partial charge is 0.220 e. The van der Waals surface area contributed by atoms with E-state index in [0.717, 1.165) is 28.6 Å². The lowest BCUT2D eigenvalue weighted by molar-refractivity contribution is -0.120. The van der Waals surface area contributed by atoms with Crippen molar-refractivity contribution in [2.45, 2.75) is 50.8 Å². The van der Waals surface area contributed by atoms with Crippen molar-refractivity contribution in [2.24, 2.45) is 5.92 Å². The lowest BCUT2D eigenvalue weighted by Crippen LogP contribution is -2.30. The summed E-state index contributed by atoms with van der Waals surface area (Å²) in [4.78, 5) is 12.5. The molecule has 0 spiro atoms. The zero-order chi connectivity index (χ0) is 24.8. The quantitative estimate of drug-likeness (QED) is 0.452. The highest BCUT2D eigenvalue weighted by molar-refractivity contribution is 7.99. The number of nitrogens with one attached hydrogen (secondary N) is 1. The Morgan fingerprint density at radius 2 is 2.20 bits per heavy atom. The largest absolute Gasteiger partial charge is 0.388 e. The summed E-state index contributed by atoms with van der Waals surface area (Å²) in [5.74, 6) is 2.00. The number of rotatable bonds is 9. The normalized spacial score (nSPS) is 19.7. The van der Waals surface area contributed by atoms with E-state index in [0.29, 0.717) is 36.2 Å². The molecule has 0 saturated carbocycles. The van der Waals surface area contributed by atoms with Crippen molar-refractivity contribution in [3.63, 3.8) is 0 Å². The van der Waals surface area contributed by atoms with Crippen LogP contribution < -0.4 is 5.32 Å². The first kappa shape index (κ1) is 25.5. The predicted molar refractivity (Wildman–Crippen MR) is 142 cm³/mol. The van der Waals surface area contributed by atoms with Crippen LogP contribution in [0.2, 0.25) is 5.02 Å². The van der Waals surface area contributed by atoms with Crippen LogP contribution in [0, 0.1) is 5.92 Å². The van der Waals surface area contributed by atoms with Crippen LogP contribution in [0.15, 0.2) is 76.5 Å². The number of aliphatic hydroxyl groups excluding tert-OH is 1. The van der Waals surface area contributed by atoms with Gasteiger partial charge in [0.2, 0.25) is 5.91 Å². The Morgan fingerprint density at radius 3 is 2.97 bits per heavy atom. The molecule has 1 aromatic heterocycles. The van der Waals surface area contributed by atoms with Crippen LogP contribution >= 0.6 is 23.4 Å². The SMILES string of the molecule is CC1=CC(C)CC(CSc2nnc(CCC(=O)NCC3=CC=CCC3O)n2-c2cccc(Cl)c2)=C1. The standard InChI is InChI=1S/C27H31ClN4O2S/c1-18-12-19(2)14-20(13-18)17-35-27-31-30-25(32(27)23-8-5-7-22(28)15-23)10-11-26(34)29-16-21-6-3-4-9-24(21)33/h3-8,12-13,15,19,24,33H,9-11,14,16-17H2,1-2H3,(H,29,34). The lowest BCUT2D eigenvalue weighted by Gasteiger charge is -2.17. The fourth-order valence-electron chi connectivity index (χ4n) is 4.39. The zero-order valence-corrected chi connectivity index (χ0v) is 21.6. The summed E-state index contributed by atoms with van der Waals surface area (Å²) in [6, 6.07) is 7.60. The number of hydrogen-bond acceptors (Lipinski definition) is 5. The van der Waals surface area contributed by atoms with E-state index in [4.69, 9.17) is 11.6 Å². The Hall–Kier alpha value is -2.61. The molecule has 2 aliphatic carbocycles. The summed E-state index contributed by atoms with van der Waals surface area (Å²) in [6.07, 6.45) is 12.0. The topological polar surface area (TPSA) is 80.0 Å². The Morgan fingerprint density at radius 1 is 1.34 bits per heavy atom. The second kappa shape index (κ2) is 11.9. The number of carbonyl (C=O) groups is 1. The second-order valence-electron chi connectivity index (χ2n) is 9.10. The molecule has 2 aliphatic rings. The number of thioether (sulfide) groups is 1. The molecule has 0 saturated heterocycles. The van der Waals surface area contributed by atoms with E-state index in [1.807, 2.05) is 47.1 Å². The molecular weight excluding hydrogens is 480 g/mol. The highest BCUT2D eigenvalue weighted by Gasteiger charge is 2.18. The number of nitrogens with zero attached hydrogens (tertiary/aromatic N) is 3. The number of benzene rings is 1. The third kappa shape index (κ3) is 6.97. The summed E-state index contributed by atoms with van der Waals surface area (Å²) < 4.78 is 2.00. The summed E-state index contributed by atoms with van der Waals surface area (Å²) in [7, 11) is 0. The molecule has 2 atom stereocenters. The maximum Gasteiger partial charge on any atom is 0.220 e. The van der Waals surface area contributed by atoms with Crippen molar-refractivity contribution in [1.82, 2.24) is 20.1 Å². The number of aromatic nitrogens is 3. The number of aryl methyl sites for hydroxylation is 1. The van der Waals surface area contributed by atoms with Gasteiger partial charge in [-0.1, -0.05) is 77.9 Å². The van der Waals surface area contributed by atoms with E-state index >= 15 is 0 Å². The second-order valence-corrected chi connectivity index (χ2v) is 10.5. The fourth-order valence-corrected chi connectivity index (χ4v) is 5.53. The molecule has 6 nitrogen and oxygen atoms in total. The van der Waals surface area contributed by atoms with Crippen molar-refractivity contribution < 1.29 is 9.90 Å². The first-order valence-electron chi connectivity index (χ1n) is 11.9. The van der Waals surface area contributed by atoms with Gasteiger partial charge in [0, 0.05) is 30.2 Å². The highest BCUT2D eigenvalue weighted by Crippen LogP contribution is 2.30. The van der Waals surface area contributed by atoms with Gasteiger partial charge in [0.25, 0.3) is 0 Å². The predicted octanol–water partition coefficient (Wildman–Crippen LogP) is 5.22. The van der Waals surface area contributed by atoms with E-state index in [9.17, 15) is 9.90 Å². The minimum absolute atomic E-state index is 0.0916. The monoisotopic (exact) mass is 510 g/mol. The van der Waals surface area contributed by atoms with Crippen LogP contribution in [0.1, 0.15) is 38.9 Å². The minimum Gasteiger partial charge on any atom is -0.388 e. The van der Waals surface area contributed by atoms with Crippen LogP contribution in [-0.2, 0) is 11.2 Å². The van der Waals surface area contributed by atoms with Gasteiger partial charge in [-0.3, -0.25) is 9.36 Å². The van der Waals surface area contributed by atoms with Gasteiger partial charge in [-0.25, -0.2) is 0 Å². The molecule has 0 aliphatic heterocycles. The molecule has 2 unspecified atom stereocenters. The summed E-state index contributed by atoms with van der Waals surface area (Å²) in [6.45, 7) is 4.72. The Kier molecular flexibility index (Phi) is 8.65. The van der Waals surface area contributed by atoms with Crippen LogP contribution in [0.5, 0.6) is 0 Å². The van der Waals surface area contributed by atoms with Crippen LogP contribution in [0.3, 0.4) is 0 Å². The van der Waals surface area contributed by atoms with Crippen LogP contribution in [-0.4, -0.2) is 44.2 Å². The van der Waals surface area contributed by atoms with Crippen LogP contribution in [0.4, 0.5) is 0 Å². The fraction of sp³-hybridized carbons (Fsp3) is 0.370. The van der Waals surface area contributed by atoms with Gasteiger partial charge >= 0.3 is 0 Å². The average Bonchev–Trinajstić information content (AvgIpc) is 3.23. The van der Waals surface area contributed by atoms with Gasteiger partial charge in [0.1, 0.15) is 5.82 Å². The zero-order valence-electron chi connectivity index (χ0n) is 20.1. The van der Waals surface area contributed by atoms with Crippen molar-refractivity contribution >= 4 is 29.3 Å². The van der Waals surface area contributed by atoms with Gasteiger partial charge in [-0.05, 0) is 49.5 Å². The third-order valence-electron chi connectivity index (χ3n) is 6.02. The van der Waals surface area contributed by atoms with Crippen molar-refractivity contribution in [3.05, 3.63) is 82.2 Å². The number of amides is 1. The summed E-state index contributed by atoms with van der Waals surface area (Å²) in [5, 5.41) is 23.3. The first-order valence-corrected chi connectivity index (χ1v) is 13.3. The molecule has 1 heterocycles. The van der Waals surface area contributed by atoms with E-state index in [2.05, 4.69) is 41.5 Å². The van der Waals surface area contributed by atoms with E-state index in [1.54, 1.807) is 11.8 Å². The Bertz CT molecular complexity index is 1200. The van der Waals surface area contributed by atoms with E-state index in [-0.39, 0.29) is 12.3 Å². The van der Waals surface area contributed by atoms with Crippen molar-refractivity contribution in [1.29, 1.82) is 0 Å². The minimum atomic E-state index is -0.535. The van der Waals surface area contributed by atoms with Crippen molar-refractivity contribution in [2.75, 3.05) is 12.3 Å². The maximum absolute atomic E-state index is 12.5. The number of aliphatic hydroxyl groups is 1. The molecule has 8 heteroatoms. The first-order chi connectivity index (χ1) is 16.9. The number of hydrogen-bond donors (Lipinski definition) is 2. The molecule has 1 aromatic carbocycles. The van der Waals surface area contributed by atoms with Gasteiger partial charge in [0.15, 0.2) is 5.16 Å². The number of carbonyl (C=O) groups excluding carboxylic acids is 1. The highest BCUT2D eigenvalue weighted by atomic mass is 35.5. The molecule has 2 N–H and O–H groups in total. The molecule has 2 aromatic rings. The Balaban J connectivity index is 1.45. The molecule has 0 radical (unpaired) electrons. The van der Waals surface area contributed by atoms with E-state index < -0.39 is 6.10 Å². The number of halogens is 1. The number of allylic oxidation sites excluding steroid dienone is 5. The molecular formula is C27H31ClN4O2S. The van der Waals surface area contributed by atoms with Crippen LogP contribution in [0.25, 0.3) is 5.69 Å². The molecule has 0 bridgehead atoms. The molecule has 184 valence electrons.